The molecule has 2 heterocycles. The highest BCUT2D eigenvalue weighted by atomic mass is 32.1. The number of nitrogens with one attached hydrogen (secondary N) is 2. The fraction of sp³-hybridized carbons (Fsp3) is 0.500. The molecule has 0 bridgehead atoms. The van der Waals surface area contributed by atoms with Crippen LogP contribution >= 0.6 is 11.3 Å². The van der Waals surface area contributed by atoms with Crippen LogP contribution in [-0.2, 0) is 29.0 Å². The van der Waals surface area contributed by atoms with Crippen LogP contribution in [0.15, 0.2) is 66.3 Å². The number of carbonyl (C=O) groups excluding carboxylic acids is 2. The molecule has 5 atom stereocenters. The molecule has 9 nitrogen and oxygen atoms in total. The number of nitrogens with zero attached hydrogens (tertiary/aromatic N) is 3. The first-order valence-electron chi connectivity index (χ1n) is 15.5. The maximum atomic E-state index is 13.8. The van der Waals surface area contributed by atoms with Crippen molar-refractivity contribution in [3.8, 4) is 0 Å². The van der Waals surface area contributed by atoms with E-state index < -0.39 is 30.2 Å². The first kappa shape index (κ1) is 32.2. The Labute approximate surface area is 264 Å². The Bertz CT molecular complexity index is 1380. The monoisotopic (exact) mass is 619 g/mol. The number of aromatic nitrogens is 1. The van der Waals surface area contributed by atoms with Gasteiger partial charge in [-0.1, -0.05) is 54.6 Å². The molecule has 2 aliphatic rings. The third-order valence-electron chi connectivity index (χ3n) is 8.44. The predicted molar refractivity (Wildman–Crippen MR) is 172 cm³/mol. The van der Waals surface area contributed by atoms with Crippen LogP contribution in [0.4, 0.5) is 0 Å². The molecule has 44 heavy (non-hydrogen) atoms. The largest absolute Gasteiger partial charge is 0.392 e. The molecule has 1 aliphatic heterocycles. The summed E-state index contributed by atoms with van der Waals surface area (Å²) in [6, 6.07) is 16.7. The van der Waals surface area contributed by atoms with Gasteiger partial charge in [0.25, 0.3) is 0 Å². The van der Waals surface area contributed by atoms with Crippen LogP contribution in [0.2, 0.25) is 0 Å². The van der Waals surface area contributed by atoms with Crippen LogP contribution in [0.3, 0.4) is 0 Å². The lowest BCUT2D eigenvalue weighted by Crippen LogP contribution is -2.61. The average Bonchev–Trinajstić information content (AvgIpc) is 3.60. The number of benzene rings is 2. The maximum absolute atomic E-state index is 13.8. The minimum Gasteiger partial charge on any atom is -0.392 e. The highest BCUT2D eigenvalue weighted by Crippen LogP contribution is 2.32. The Hall–Kier alpha value is -3.15. The average molecular weight is 620 g/mol. The summed E-state index contributed by atoms with van der Waals surface area (Å²) in [5, 5.41) is 28.5. The van der Waals surface area contributed by atoms with Gasteiger partial charge in [0.1, 0.15) is 6.04 Å². The molecule has 10 heteroatoms. The zero-order chi connectivity index (χ0) is 31.3. The second kappa shape index (κ2) is 14.3. The third kappa shape index (κ3) is 8.51. The van der Waals surface area contributed by atoms with E-state index in [-0.39, 0.29) is 30.3 Å². The van der Waals surface area contributed by atoms with Gasteiger partial charge in [0, 0.05) is 61.7 Å². The minimum absolute atomic E-state index is 0.0637. The standard InChI is InChI=1S/C34H45N5O4S/c1-34(2,3)37-33(43)29-21-38(20-27-18-35-22-44-27)13-14-39(29)19-26(40)16-25(15-23-9-5-4-6-10-23)32(42)36-31-28-12-8-7-11-24(28)17-30(31)41/h4-12,18,22,25-26,29-31,40-41H,13-17,19-21H2,1-3H3,(H,36,42)(H,37,43)/t25?,26?,29?,30-,31+/m1/s1. The molecule has 3 aromatic rings. The third-order valence-corrected chi connectivity index (χ3v) is 9.20. The quantitative estimate of drug-likeness (QED) is 0.261. The predicted octanol–water partition coefficient (Wildman–Crippen LogP) is 2.93. The van der Waals surface area contributed by atoms with Crippen molar-refractivity contribution in [3.05, 3.63) is 87.9 Å². The number of rotatable bonds is 11. The molecule has 236 valence electrons. The van der Waals surface area contributed by atoms with Crippen molar-refractivity contribution in [2.24, 2.45) is 5.92 Å². The van der Waals surface area contributed by atoms with Crippen molar-refractivity contribution in [3.63, 3.8) is 0 Å². The number of aliphatic hydroxyl groups is 2. The number of aliphatic hydroxyl groups excluding tert-OH is 2. The van der Waals surface area contributed by atoms with Gasteiger partial charge in [-0.3, -0.25) is 24.4 Å². The molecule has 2 amide bonds. The van der Waals surface area contributed by atoms with Crippen LogP contribution in [0.25, 0.3) is 0 Å². The molecule has 0 saturated carbocycles. The number of carbonyl (C=O) groups is 2. The fourth-order valence-corrected chi connectivity index (χ4v) is 6.99. The normalized spacial score (nSPS) is 22.2. The van der Waals surface area contributed by atoms with Crippen molar-refractivity contribution >= 4 is 23.2 Å². The Kier molecular flexibility index (Phi) is 10.5. The Morgan fingerprint density at radius 3 is 2.57 bits per heavy atom. The summed E-state index contributed by atoms with van der Waals surface area (Å²) in [5.41, 5.74) is 4.42. The van der Waals surface area contributed by atoms with Crippen LogP contribution in [0.1, 0.15) is 54.8 Å². The second-order valence-electron chi connectivity index (χ2n) is 13.2. The van der Waals surface area contributed by atoms with E-state index in [2.05, 4.69) is 25.4 Å². The molecule has 2 aromatic carbocycles. The van der Waals surface area contributed by atoms with Gasteiger partial charge in [-0.05, 0) is 50.3 Å². The molecular weight excluding hydrogens is 574 g/mol. The van der Waals surface area contributed by atoms with Crippen LogP contribution in [0.5, 0.6) is 0 Å². The SMILES string of the molecule is CC(C)(C)NC(=O)C1CN(Cc2cncs2)CCN1CC(O)CC(Cc1ccccc1)C(=O)N[C@H]1c2ccccc2C[C@H]1O. The number of fused-ring (bicyclic) bond motifs is 1. The van der Waals surface area contributed by atoms with Gasteiger partial charge in [-0.2, -0.15) is 0 Å². The summed E-state index contributed by atoms with van der Waals surface area (Å²) in [4.78, 5) is 36.9. The zero-order valence-electron chi connectivity index (χ0n) is 25.9. The minimum atomic E-state index is -0.826. The number of thiazole rings is 1. The van der Waals surface area contributed by atoms with Crippen molar-refractivity contribution in [1.82, 2.24) is 25.4 Å². The lowest BCUT2D eigenvalue weighted by Gasteiger charge is -2.42. The molecule has 3 unspecified atom stereocenters. The van der Waals surface area contributed by atoms with Gasteiger partial charge in [0.2, 0.25) is 11.8 Å². The number of β-amino-alcohol motifs (C(OH)–C–C–N with tert-alkyl or cyclic N) is 1. The lowest BCUT2D eigenvalue weighted by molar-refractivity contribution is -0.132. The van der Waals surface area contributed by atoms with E-state index in [1.54, 1.807) is 11.3 Å². The molecule has 1 aliphatic carbocycles. The Morgan fingerprint density at radius 1 is 1.09 bits per heavy atom. The zero-order valence-corrected chi connectivity index (χ0v) is 26.7. The van der Waals surface area contributed by atoms with E-state index in [1.165, 1.54) is 0 Å². The number of hydrogen-bond donors (Lipinski definition) is 4. The Balaban J connectivity index is 1.28. The summed E-state index contributed by atoms with van der Waals surface area (Å²) >= 11 is 1.60. The van der Waals surface area contributed by atoms with E-state index in [0.29, 0.717) is 25.9 Å². The van der Waals surface area contributed by atoms with E-state index in [9.17, 15) is 19.8 Å². The van der Waals surface area contributed by atoms with Crippen molar-refractivity contribution in [2.75, 3.05) is 26.2 Å². The molecule has 0 spiro atoms. The molecule has 4 N–H and O–H groups in total. The summed E-state index contributed by atoms with van der Waals surface area (Å²) in [7, 11) is 0. The number of hydrogen-bond acceptors (Lipinski definition) is 8. The summed E-state index contributed by atoms with van der Waals surface area (Å²) in [6.45, 7) is 8.84. The van der Waals surface area contributed by atoms with Crippen LogP contribution in [-0.4, -0.2) is 86.8 Å². The van der Waals surface area contributed by atoms with Gasteiger partial charge in [0.15, 0.2) is 0 Å². The number of amides is 2. The molecule has 1 saturated heterocycles. The lowest BCUT2D eigenvalue weighted by atomic mass is 9.91. The van der Waals surface area contributed by atoms with Crippen molar-refractivity contribution < 1.29 is 19.8 Å². The molecular formula is C34H45N5O4S. The molecule has 1 aromatic heterocycles. The van der Waals surface area contributed by atoms with E-state index in [0.717, 1.165) is 34.7 Å². The van der Waals surface area contributed by atoms with E-state index in [4.69, 9.17) is 0 Å². The van der Waals surface area contributed by atoms with Gasteiger partial charge >= 0.3 is 0 Å². The Morgan fingerprint density at radius 2 is 1.84 bits per heavy atom. The van der Waals surface area contributed by atoms with Crippen LogP contribution in [0, 0.1) is 5.92 Å². The topological polar surface area (TPSA) is 118 Å². The van der Waals surface area contributed by atoms with Gasteiger partial charge < -0.3 is 20.8 Å². The van der Waals surface area contributed by atoms with Gasteiger partial charge in [-0.25, -0.2) is 0 Å². The van der Waals surface area contributed by atoms with E-state index in [1.807, 2.05) is 87.1 Å². The smallest absolute Gasteiger partial charge is 0.239 e. The van der Waals surface area contributed by atoms with E-state index >= 15 is 0 Å². The maximum Gasteiger partial charge on any atom is 0.239 e. The van der Waals surface area contributed by atoms with Crippen LogP contribution < -0.4 is 10.6 Å². The molecule has 5 rings (SSSR count). The first-order valence-corrected chi connectivity index (χ1v) is 16.4. The van der Waals surface area contributed by atoms with Gasteiger partial charge in [0.05, 0.1) is 23.8 Å². The molecule has 1 fully saturated rings. The summed E-state index contributed by atoms with van der Waals surface area (Å²) in [6.07, 6.45) is 1.55. The second-order valence-corrected chi connectivity index (χ2v) is 14.2. The highest BCUT2D eigenvalue weighted by Gasteiger charge is 2.37. The van der Waals surface area contributed by atoms with Crippen molar-refractivity contribution in [1.29, 1.82) is 0 Å². The fourth-order valence-electron chi connectivity index (χ4n) is 6.36. The first-order chi connectivity index (χ1) is 21.1. The van der Waals surface area contributed by atoms with Gasteiger partial charge in [-0.15, -0.1) is 11.3 Å². The highest BCUT2D eigenvalue weighted by molar-refractivity contribution is 7.09. The number of piperazine rings is 1. The molecule has 0 radical (unpaired) electrons. The summed E-state index contributed by atoms with van der Waals surface area (Å²) in [5.74, 6) is -0.766. The van der Waals surface area contributed by atoms with Crippen molar-refractivity contribution in [2.45, 2.75) is 76.4 Å². The summed E-state index contributed by atoms with van der Waals surface area (Å²) < 4.78 is 0.